The smallest absolute Gasteiger partial charge is 0.407 e. The molecule has 0 aliphatic carbocycles. The number of amides is 1. The highest BCUT2D eigenvalue weighted by molar-refractivity contribution is 5.67. The molecule has 134 valence electrons. The largest absolute Gasteiger partial charge is 0.438 e. The predicted molar refractivity (Wildman–Crippen MR) is 74.5 cm³/mol. The second kappa shape index (κ2) is 7.70. The normalized spacial score (nSPS) is 34.4. The van der Waals surface area contributed by atoms with Gasteiger partial charge in [-0.15, -0.1) is 0 Å². The number of carbonyl (C=O) groups excluding carboxylic acids is 1. The van der Waals surface area contributed by atoms with E-state index in [-0.39, 0.29) is 26.1 Å². The Bertz CT molecular complexity index is 533. The van der Waals surface area contributed by atoms with Crippen molar-refractivity contribution in [3.8, 4) is 0 Å². The maximum absolute atomic E-state index is 11.8. The maximum Gasteiger partial charge on any atom is 0.407 e. The van der Waals surface area contributed by atoms with Crippen LogP contribution in [-0.4, -0.2) is 82.6 Å². The molecular weight excluding hydrogens is 328 g/mol. The Kier molecular flexibility index (Phi) is 5.88. The Balaban J connectivity index is 1.87. The van der Waals surface area contributed by atoms with Crippen LogP contribution in [0.15, 0.2) is 15.3 Å². The lowest BCUT2D eigenvalue weighted by atomic mass is 10.0. The summed E-state index contributed by atoms with van der Waals surface area (Å²) in [7, 11) is 0. The zero-order valence-corrected chi connectivity index (χ0v) is 12.5. The number of hydrogen-bond acceptors (Lipinski definition) is 10. The topological polar surface area (TPSA) is 202 Å². The van der Waals surface area contributed by atoms with Gasteiger partial charge in [-0.05, 0) is 5.53 Å². The van der Waals surface area contributed by atoms with Crippen molar-refractivity contribution in [3.05, 3.63) is 10.4 Å². The molecule has 2 heterocycles. The van der Waals surface area contributed by atoms with Gasteiger partial charge in [-0.3, -0.25) is 0 Å². The molecule has 1 saturated heterocycles. The summed E-state index contributed by atoms with van der Waals surface area (Å²) in [6.07, 6.45) is -8.67. The van der Waals surface area contributed by atoms with Crippen LogP contribution in [0.1, 0.15) is 6.42 Å². The molecule has 1 amide bonds. The fourth-order valence-electron chi connectivity index (χ4n) is 2.09. The van der Waals surface area contributed by atoms with Gasteiger partial charge in [0.25, 0.3) is 0 Å². The van der Waals surface area contributed by atoms with E-state index in [2.05, 4.69) is 25.6 Å². The second-order valence-electron chi connectivity index (χ2n) is 5.47. The first-order valence-electron chi connectivity index (χ1n) is 7.10. The molecule has 5 N–H and O–H groups in total. The quantitative estimate of drug-likeness (QED) is 0.223. The number of alkyl carbamates (subject to hydrolysis) is 1. The van der Waals surface area contributed by atoms with Crippen LogP contribution in [-0.2, 0) is 9.47 Å². The fourth-order valence-corrected chi connectivity index (χ4v) is 2.09. The van der Waals surface area contributed by atoms with Crippen molar-refractivity contribution in [2.24, 2.45) is 15.3 Å². The lowest BCUT2D eigenvalue weighted by molar-refractivity contribution is -0.226. The van der Waals surface area contributed by atoms with Crippen LogP contribution < -0.4 is 5.32 Å². The molecule has 2 rings (SSSR count). The van der Waals surface area contributed by atoms with Gasteiger partial charge in [0.05, 0.1) is 31.9 Å². The Morgan fingerprint density at radius 2 is 2.12 bits per heavy atom. The third-order valence-corrected chi connectivity index (χ3v) is 3.51. The van der Waals surface area contributed by atoms with E-state index >= 15 is 0 Å². The van der Waals surface area contributed by atoms with Gasteiger partial charge in [0, 0.05) is 11.3 Å². The van der Waals surface area contributed by atoms with E-state index in [9.17, 15) is 25.2 Å². The molecule has 2 aliphatic heterocycles. The van der Waals surface area contributed by atoms with Crippen molar-refractivity contribution < 1.29 is 34.7 Å². The zero-order valence-electron chi connectivity index (χ0n) is 12.5. The monoisotopic (exact) mass is 346 g/mol. The summed E-state index contributed by atoms with van der Waals surface area (Å²) >= 11 is 0. The number of aliphatic hydroxyl groups excluding tert-OH is 4. The van der Waals surface area contributed by atoms with Crippen LogP contribution in [0.3, 0.4) is 0 Å². The first kappa shape index (κ1) is 18.3. The summed E-state index contributed by atoms with van der Waals surface area (Å²) in [4.78, 5) is 14.4. The molecule has 0 saturated carbocycles. The number of aliphatic hydroxyl groups is 4. The van der Waals surface area contributed by atoms with Crippen molar-refractivity contribution in [2.75, 3.05) is 19.7 Å². The fraction of sp³-hybridized carbons (Fsp3) is 0.909. The van der Waals surface area contributed by atoms with Gasteiger partial charge >= 0.3 is 6.09 Å². The van der Waals surface area contributed by atoms with Crippen molar-refractivity contribution in [2.45, 2.75) is 42.8 Å². The molecule has 2 aliphatic rings. The molecule has 0 spiro atoms. The van der Waals surface area contributed by atoms with Gasteiger partial charge in [0.1, 0.15) is 6.10 Å². The van der Waals surface area contributed by atoms with Crippen molar-refractivity contribution in [3.63, 3.8) is 0 Å². The third-order valence-electron chi connectivity index (χ3n) is 3.51. The average Bonchev–Trinajstić information content (AvgIpc) is 3.33. The zero-order chi connectivity index (χ0) is 17.7. The van der Waals surface area contributed by atoms with Crippen LogP contribution in [0.4, 0.5) is 4.79 Å². The van der Waals surface area contributed by atoms with Crippen molar-refractivity contribution in [1.82, 2.24) is 5.32 Å². The summed E-state index contributed by atoms with van der Waals surface area (Å²) in [5, 5.41) is 51.9. The summed E-state index contributed by atoms with van der Waals surface area (Å²) in [6, 6.07) is 0. The molecule has 0 aromatic rings. The van der Waals surface area contributed by atoms with E-state index in [1.807, 2.05) is 0 Å². The van der Waals surface area contributed by atoms with Gasteiger partial charge < -0.3 is 35.2 Å². The summed E-state index contributed by atoms with van der Waals surface area (Å²) in [6.45, 7) is -0.469. The molecule has 1 fully saturated rings. The second-order valence-corrected chi connectivity index (χ2v) is 5.47. The number of nitrogens with one attached hydrogen (secondary N) is 1. The van der Waals surface area contributed by atoms with Crippen LogP contribution in [0.2, 0.25) is 0 Å². The number of azide groups is 1. The number of nitrogens with zero attached hydrogens (tertiary/aromatic N) is 5. The minimum Gasteiger partial charge on any atom is -0.438 e. The standard InChI is InChI=1S/C11H18N6O7/c12-17-14-4-11(15-16-11)3-13-10(22)24-8-7(20)6(19)1-5(18)2-23-9(8)21/h5-9,18-21H,1-4H2,(H,13,22)/t5?,6-,7?,8?,9-/m1/s1. The van der Waals surface area contributed by atoms with E-state index in [0.29, 0.717) is 0 Å². The Morgan fingerprint density at radius 1 is 1.42 bits per heavy atom. The minimum atomic E-state index is -1.73. The lowest BCUT2D eigenvalue weighted by Gasteiger charge is -2.33. The maximum atomic E-state index is 11.8. The van der Waals surface area contributed by atoms with Gasteiger partial charge in [-0.2, -0.15) is 10.2 Å². The van der Waals surface area contributed by atoms with E-state index in [1.165, 1.54) is 0 Å². The number of carbonyl (C=O) groups is 1. The molecule has 0 radical (unpaired) electrons. The van der Waals surface area contributed by atoms with Crippen molar-refractivity contribution in [1.29, 1.82) is 0 Å². The predicted octanol–water partition coefficient (Wildman–Crippen LogP) is -1.62. The van der Waals surface area contributed by atoms with E-state index in [0.717, 1.165) is 0 Å². The molecule has 13 heteroatoms. The Labute approximate surface area is 135 Å². The number of hydrogen-bond donors (Lipinski definition) is 5. The van der Waals surface area contributed by atoms with Crippen LogP contribution in [0, 0.1) is 0 Å². The van der Waals surface area contributed by atoms with Gasteiger partial charge in [-0.1, -0.05) is 5.11 Å². The van der Waals surface area contributed by atoms with Gasteiger partial charge in [-0.25, -0.2) is 4.79 Å². The summed E-state index contributed by atoms with van der Waals surface area (Å²) in [5.41, 5.74) is 7.23. The minimum absolute atomic E-state index is 0.0713. The van der Waals surface area contributed by atoms with Gasteiger partial charge in [0.15, 0.2) is 12.4 Å². The molecule has 0 aromatic heterocycles. The van der Waals surface area contributed by atoms with Gasteiger partial charge in [0.2, 0.25) is 5.66 Å². The first-order chi connectivity index (χ1) is 11.4. The van der Waals surface area contributed by atoms with E-state index in [1.54, 1.807) is 0 Å². The summed E-state index contributed by atoms with van der Waals surface area (Å²) in [5.74, 6) is 0. The molecular formula is C11H18N6O7. The number of ether oxygens (including phenoxy) is 2. The van der Waals surface area contributed by atoms with E-state index < -0.39 is 42.5 Å². The summed E-state index contributed by atoms with van der Waals surface area (Å²) < 4.78 is 9.76. The SMILES string of the molecule is [N-]=[N+]=NCC1(CNC(=O)OC2C(O)[C@H](O)CC(O)CO[C@H]2O)N=N1. The van der Waals surface area contributed by atoms with Crippen LogP contribution in [0.25, 0.3) is 10.4 Å². The lowest BCUT2D eigenvalue weighted by Crippen LogP contribution is -2.53. The highest BCUT2D eigenvalue weighted by Gasteiger charge is 2.42. The molecule has 3 unspecified atom stereocenters. The van der Waals surface area contributed by atoms with Crippen LogP contribution in [0.5, 0.6) is 0 Å². The average molecular weight is 346 g/mol. The Hall–Kier alpha value is -2.02. The molecule has 13 nitrogen and oxygen atoms in total. The molecule has 5 atom stereocenters. The molecule has 0 bridgehead atoms. The Morgan fingerprint density at radius 3 is 2.75 bits per heavy atom. The van der Waals surface area contributed by atoms with E-state index in [4.69, 9.17) is 15.0 Å². The highest BCUT2D eigenvalue weighted by Crippen LogP contribution is 2.27. The first-order valence-corrected chi connectivity index (χ1v) is 7.10. The highest BCUT2D eigenvalue weighted by atomic mass is 16.7. The molecule has 24 heavy (non-hydrogen) atoms. The molecule has 0 aromatic carbocycles. The third kappa shape index (κ3) is 4.74. The van der Waals surface area contributed by atoms with Crippen molar-refractivity contribution >= 4 is 6.09 Å². The van der Waals surface area contributed by atoms with Crippen LogP contribution >= 0.6 is 0 Å². The number of rotatable bonds is 5.